The van der Waals surface area contributed by atoms with Gasteiger partial charge in [-0.3, -0.25) is 4.21 Å². The molecule has 0 aromatic carbocycles. The van der Waals surface area contributed by atoms with Crippen LogP contribution in [0, 0.1) is 5.92 Å². The van der Waals surface area contributed by atoms with Gasteiger partial charge >= 0.3 is 6.09 Å². The van der Waals surface area contributed by atoms with Gasteiger partial charge in [0.2, 0.25) is 5.28 Å². The summed E-state index contributed by atoms with van der Waals surface area (Å²) in [6.45, 7) is 6.82. The topological polar surface area (TPSA) is 72.4 Å². The smallest absolute Gasteiger partial charge is 0.410 e. The zero-order valence-electron chi connectivity index (χ0n) is 13.6. The number of hydrogen-bond donors (Lipinski definition) is 0. The summed E-state index contributed by atoms with van der Waals surface area (Å²) in [4.78, 5) is 21.5. The summed E-state index contributed by atoms with van der Waals surface area (Å²) in [6, 6.07) is 1.62. The molecule has 1 unspecified atom stereocenters. The van der Waals surface area contributed by atoms with Crippen LogP contribution in [0.25, 0.3) is 0 Å². The molecule has 0 bridgehead atoms. The van der Waals surface area contributed by atoms with E-state index < -0.39 is 16.4 Å². The summed E-state index contributed by atoms with van der Waals surface area (Å²) in [7, 11) is -1.20. The molecule has 2 rings (SSSR count). The van der Waals surface area contributed by atoms with E-state index in [1.165, 1.54) is 6.20 Å². The second-order valence-electron chi connectivity index (χ2n) is 6.59. The Morgan fingerprint density at radius 2 is 2.09 bits per heavy atom. The quantitative estimate of drug-likeness (QED) is 0.613. The maximum atomic E-state index is 12.3. The lowest BCUT2D eigenvalue weighted by Crippen LogP contribution is -2.42. The van der Waals surface area contributed by atoms with Gasteiger partial charge in [0.05, 0.1) is 10.8 Å². The molecule has 1 aliphatic heterocycles. The lowest BCUT2D eigenvalue weighted by Gasteiger charge is -2.33. The van der Waals surface area contributed by atoms with Crippen LogP contribution in [0.1, 0.15) is 33.6 Å². The molecule has 0 saturated carbocycles. The molecule has 1 saturated heterocycles. The summed E-state index contributed by atoms with van der Waals surface area (Å²) in [5.41, 5.74) is -0.484. The summed E-state index contributed by atoms with van der Waals surface area (Å²) in [5, 5.41) is 0.565. The average Bonchev–Trinajstić information content (AvgIpc) is 2.46. The highest BCUT2D eigenvalue weighted by Gasteiger charge is 2.27. The van der Waals surface area contributed by atoms with Crippen LogP contribution in [-0.2, 0) is 15.5 Å². The van der Waals surface area contributed by atoms with Crippen LogP contribution in [-0.4, -0.2) is 49.6 Å². The van der Waals surface area contributed by atoms with Crippen LogP contribution >= 0.6 is 11.6 Å². The van der Waals surface area contributed by atoms with E-state index >= 15 is 0 Å². The third kappa shape index (κ3) is 5.73. The zero-order valence-corrected chi connectivity index (χ0v) is 15.2. The first-order valence-electron chi connectivity index (χ1n) is 7.59. The van der Waals surface area contributed by atoms with Crippen molar-refractivity contribution in [2.24, 2.45) is 5.92 Å². The minimum absolute atomic E-state index is 0.107. The van der Waals surface area contributed by atoms with Crippen LogP contribution < -0.4 is 0 Å². The van der Waals surface area contributed by atoms with Gasteiger partial charge in [0, 0.05) is 25.0 Å². The molecular formula is C15H22ClN3O3S. The number of halogens is 1. The Labute approximate surface area is 144 Å². The minimum atomic E-state index is -1.20. The van der Waals surface area contributed by atoms with E-state index in [9.17, 15) is 9.00 Å². The normalized spacial score (nSPS) is 17.8. The number of amides is 1. The van der Waals surface area contributed by atoms with Gasteiger partial charge in [-0.25, -0.2) is 14.8 Å². The first-order valence-corrected chi connectivity index (χ1v) is 9.29. The minimum Gasteiger partial charge on any atom is -0.444 e. The fourth-order valence-corrected chi connectivity index (χ4v) is 3.89. The molecule has 1 aromatic heterocycles. The second kappa shape index (κ2) is 7.57. The molecule has 23 heavy (non-hydrogen) atoms. The standard InChI is InChI=1S/C15H22ClN3O3S/c1-15(2,3)22-14(20)19-8-5-11(6-9-19)10-23(21)12-4-7-17-13(16)18-12/h4,7,11H,5-6,8-10H2,1-3H3. The number of piperidine rings is 1. The van der Waals surface area contributed by atoms with Crippen molar-refractivity contribution < 1.29 is 13.7 Å². The summed E-state index contributed by atoms with van der Waals surface area (Å²) < 4.78 is 17.7. The van der Waals surface area contributed by atoms with Crippen molar-refractivity contribution in [2.75, 3.05) is 18.8 Å². The Kier molecular flexibility index (Phi) is 5.97. The van der Waals surface area contributed by atoms with Crippen LogP contribution in [0.15, 0.2) is 17.3 Å². The van der Waals surface area contributed by atoms with Gasteiger partial charge < -0.3 is 9.64 Å². The Morgan fingerprint density at radius 1 is 1.43 bits per heavy atom. The van der Waals surface area contributed by atoms with Gasteiger partial charge in [-0.15, -0.1) is 0 Å². The number of likely N-dealkylation sites (tertiary alicyclic amines) is 1. The molecule has 1 aliphatic rings. The molecular weight excluding hydrogens is 338 g/mol. The Balaban J connectivity index is 1.83. The van der Waals surface area contributed by atoms with E-state index in [-0.39, 0.29) is 11.4 Å². The van der Waals surface area contributed by atoms with Gasteiger partial charge in [0.1, 0.15) is 10.6 Å². The van der Waals surface area contributed by atoms with Gasteiger partial charge in [-0.05, 0) is 57.2 Å². The van der Waals surface area contributed by atoms with E-state index in [1.54, 1.807) is 11.0 Å². The predicted octanol–water partition coefficient (Wildman–Crippen LogP) is 2.88. The van der Waals surface area contributed by atoms with Crippen molar-refractivity contribution in [2.45, 2.75) is 44.2 Å². The van der Waals surface area contributed by atoms with Crippen molar-refractivity contribution >= 4 is 28.5 Å². The van der Waals surface area contributed by atoms with Gasteiger partial charge in [-0.2, -0.15) is 0 Å². The van der Waals surface area contributed by atoms with Crippen molar-refractivity contribution in [1.29, 1.82) is 0 Å². The van der Waals surface area contributed by atoms with Crippen molar-refractivity contribution in [3.63, 3.8) is 0 Å². The third-order valence-electron chi connectivity index (χ3n) is 3.49. The van der Waals surface area contributed by atoms with Gasteiger partial charge in [0.25, 0.3) is 0 Å². The summed E-state index contributed by atoms with van der Waals surface area (Å²) in [5.74, 6) is 0.818. The number of carbonyl (C=O) groups excluding carboxylic acids is 1. The SMILES string of the molecule is CC(C)(C)OC(=O)N1CCC(CS(=O)c2ccnc(Cl)n2)CC1. The fraction of sp³-hybridized carbons (Fsp3) is 0.667. The average molecular weight is 360 g/mol. The van der Waals surface area contributed by atoms with E-state index in [1.807, 2.05) is 20.8 Å². The number of ether oxygens (including phenoxy) is 1. The fourth-order valence-electron chi connectivity index (χ4n) is 2.35. The molecule has 6 nitrogen and oxygen atoms in total. The van der Waals surface area contributed by atoms with Crippen LogP contribution in [0.3, 0.4) is 0 Å². The monoisotopic (exact) mass is 359 g/mol. The molecule has 128 valence electrons. The van der Waals surface area contributed by atoms with Gasteiger partial charge in [0.15, 0.2) is 0 Å². The van der Waals surface area contributed by atoms with Crippen molar-refractivity contribution in [3.8, 4) is 0 Å². The lowest BCUT2D eigenvalue weighted by atomic mass is 9.99. The molecule has 1 atom stereocenters. The second-order valence-corrected chi connectivity index (χ2v) is 8.37. The van der Waals surface area contributed by atoms with Crippen LogP contribution in [0.4, 0.5) is 4.79 Å². The molecule has 1 fully saturated rings. The van der Waals surface area contributed by atoms with Crippen LogP contribution in [0.2, 0.25) is 5.28 Å². The number of nitrogens with zero attached hydrogens (tertiary/aromatic N) is 3. The predicted molar refractivity (Wildman–Crippen MR) is 88.8 cm³/mol. The maximum Gasteiger partial charge on any atom is 0.410 e. The number of aromatic nitrogens is 2. The summed E-state index contributed by atoms with van der Waals surface area (Å²) in [6.07, 6.45) is 2.85. The molecule has 0 spiro atoms. The molecule has 8 heteroatoms. The highest BCUT2D eigenvalue weighted by atomic mass is 35.5. The first kappa shape index (κ1) is 18.1. The van der Waals surface area contributed by atoms with E-state index in [4.69, 9.17) is 16.3 Å². The number of hydrogen-bond acceptors (Lipinski definition) is 5. The van der Waals surface area contributed by atoms with E-state index in [0.29, 0.717) is 29.8 Å². The Bertz CT molecular complexity index is 584. The first-order chi connectivity index (χ1) is 10.7. The largest absolute Gasteiger partial charge is 0.444 e. The molecule has 1 aromatic rings. The Hall–Kier alpha value is -1.21. The molecule has 0 radical (unpaired) electrons. The van der Waals surface area contributed by atoms with Gasteiger partial charge in [-0.1, -0.05) is 0 Å². The molecule has 0 N–H and O–H groups in total. The highest BCUT2D eigenvalue weighted by Crippen LogP contribution is 2.22. The number of carbonyl (C=O) groups is 1. The lowest BCUT2D eigenvalue weighted by molar-refractivity contribution is 0.0191. The number of rotatable bonds is 3. The van der Waals surface area contributed by atoms with E-state index in [2.05, 4.69) is 9.97 Å². The molecule has 2 heterocycles. The highest BCUT2D eigenvalue weighted by molar-refractivity contribution is 7.84. The van der Waals surface area contributed by atoms with Crippen molar-refractivity contribution in [1.82, 2.24) is 14.9 Å². The Morgan fingerprint density at radius 3 is 2.65 bits per heavy atom. The van der Waals surface area contributed by atoms with Crippen LogP contribution in [0.5, 0.6) is 0 Å². The zero-order chi connectivity index (χ0) is 17.0. The maximum absolute atomic E-state index is 12.3. The molecule has 1 amide bonds. The summed E-state index contributed by atoms with van der Waals surface area (Å²) >= 11 is 5.72. The van der Waals surface area contributed by atoms with E-state index in [0.717, 1.165) is 12.8 Å². The molecule has 0 aliphatic carbocycles. The van der Waals surface area contributed by atoms with Crippen molar-refractivity contribution in [3.05, 3.63) is 17.5 Å². The third-order valence-corrected chi connectivity index (χ3v) is 5.14.